The van der Waals surface area contributed by atoms with Crippen molar-refractivity contribution in [3.63, 3.8) is 0 Å². The fourth-order valence-corrected chi connectivity index (χ4v) is 3.67. The molecule has 1 aromatic rings. The molecule has 0 bridgehead atoms. The lowest BCUT2D eigenvalue weighted by atomic mass is 9.95. The minimum atomic E-state index is -3.60. The summed E-state index contributed by atoms with van der Waals surface area (Å²) in [6.07, 6.45) is 1.28. The molecule has 1 aliphatic heterocycles. The summed E-state index contributed by atoms with van der Waals surface area (Å²) >= 11 is 0. The molecule has 0 saturated carbocycles. The molecule has 6 heteroatoms. The minimum Gasteiger partial charge on any atom is -0.375 e. The minimum absolute atomic E-state index is 0.126. The van der Waals surface area contributed by atoms with E-state index in [0.717, 1.165) is 0 Å². The Hall–Kier alpha value is -1.42. The molecule has 0 amide bonds. The van der Waals surface area contributed by atoms with Gasteiger partial charge in [-0.3, -0.25) is 0 Å². The van der Waals surface area contributed by atoms with E-state index >= 15 is 0 Å². The second-order valence-corrected chi connectivity index (χ2v) is 7.27. The van der Waals surface area contributed by atoms with Gasteiger partial charge in [-0.1, -0.05) is 6.07 Å². The van der Waals surface area contributed by atoms with E-state index in [1.165, 1.54) is 12.1 Å². The number of nitrogens with one attached hydrogen (secondary N) is 1. The first-order valence-corrected chi connectivity index (χ1v) is 7.97. The maximum Gasteiger partial charge on any atom is 0.240 e. The maximum absolute atomic E-state index is 12.3. The van der Waals surface area contributed by atoms with Crippen LogP contribution in [-0.4, -0.2) is 26.7 Å². The van der Waals surface area contributed by atoms with Crippen LogP contribution >= 0.6 is 0 Å². The molecular formula is C14H18N2O3S. The first-order chi connectivity index (χ1) is 9.32. The normalized spacial score (nSPS) is 22.1. The number of nitriles is 1. The Morgan fingerprint density at radius 3 is 2.85 bits per heavy atom. The molecule has 1 fully saturated rings. The number of benzene rings is 1. The van der Waals surface area contributed by atoms with Crippen LogP contribution in [0, 0.1) is 11.3 Å². The molecule has 1 N–H and O–H groups in total. The second kappa shape index (κ2) is 5.52. The lowest BCUT2D eigenvalue weighted by molar-refractivity contribution is -0.0599. The van der Waals surface area contributed by atoms with E-state index in [9.17, 15) is 8.42 Å². The summed E-state index contributed by atoms with van der Waals surface area (Å²) in [6.45, 7) is 4.44. The monoisotopic (exact) mass is 294 g/mol. The zero-order chi connectivity index (χ0) is 14.8. The first kappa shape index (κ1) is 15.0. The molecule has 1 heterocycles. The molecule has 2 rings (SSSR count). The molecule has 1 unspecified atom stereocenters. The van der Waals surface area contributed by atoms with Crippen molar-refractivity contribution in [2.75, 3.05) is 6.61 Å². The van der Waals surface area contributed by atoms with Crippen molar-refractivity contribution >= 4 is 10.0 Å². The third-order valence-electron chi connectivity index (χ3n) is 3.29. The van der Waals surface area contributed by atoms with Gasteiger partial charge in [0.2, 0.25) is 10.0 Å². The number of nitrogens with zero attached hydrogens (tertiary/aromatic N) is 1. The average Bonchev–Trinajstić information content (AvgIpc) is 2.37. The van der Waals surface area contributed by atoms with Crippen LogP contribution in [0.15, 0.2) is 29.2 Å². The van der Waals surface area contributed by atoms with Crippen LogP contribution in [0.4, 0.5) is 0 Å². The van der Waals surface area contributed by atoms with Crippen molar-refractivity contribution in [1.29, 1.82) is 5.26 Å². The summed E-state index contributed by atoms with van der Waals surface area (Å²) in [5.41, 5.74) is 0.0140. The Kier molecular flexibility index (Phi) is 4.14. The van der Waals surface area contributed by atoms with E-state index < -0.39 is 10.0 Å². The van der Waals surface area contributed by atoms with Crippen LogP contribution < -0.4 is 4.72 Å². The molecule has 0 aromatic heterocycles. The van der Waals surface area contributed by atoms with Crippen LogP contribution in [0.1, 0.15) is 32.3 Å². The van der Waals surface area contributed by atoms with Crippen LogP contribution in [0.2, 0.25) is 0 Å². The van der Waals surface area contributed by atoms with Crippen LogP contribution in [0.3, 0.4) is 0 Å². The van der Waals surface area contributed by atoms with Gasteiger partial charge < -0.3 is 4.74 Å². The fraction of sp³-hybridized carbons (Fsp3) is 0.500. The highest BCUT2D eigenvalue weighted by Crippen LogP contribution is 2.25. The maximum atomic E-state index is 12.3. The standard InChI is InChI=1S/C14H18N2O3S/c1-14(2)9-12(6-7-19-14)16-20(17,18)13-5-3-4-11(8-13)10-15/h3-5,8,12,16H,6-7,9H2,1-2H3. The number of sulfonamides is 1. The summed E-state index contributed by atoms with van der Waals surface area (Å²) in [7, 11) is -3.60. The van der Waals surface area contributed by atoms with Crippen molar-refractivity contribution < 1.29 is 13.2 Å². The van der Waals surface area contributed by atoms with Gasteiger partial charge in [0.1, 0.15) is 0 Å². The molecule has 108 valence electrons. The zero-order valence-corrected chi connectivity index (χ0v) is 12.4. The summed E-state index contributed by atoms with van der Waals surface area (Å²) in [6, 6.07) is 7.83. The highest BCUT2D eigenvalue weighted by Gasteiger charge is 2.31. The Bertz CT molecular complexity index is 632. The van der Waals surface area contributed by atoms with E-state index in [1.54, 1.807) is 12.1 Å². The summed E-state index contributed by atoms with van der Waals surface area (Å²) in [5, 5.41) is 8.84. The number of hydrogen-bond acceptors (Lipinski definition) is 4. The summed E-state index contributed by atoms with van der Waals surface area (Å²) < 4.78 is 32.9. The van der Waals surface area contributed by atoms with Gasteiger partial charge in [0, 0.05) is 12.6 Å². The summed E-state index contributed by atoms with van der Waals surface area (Å²) in [5.74, 6) is 0. The third-order valence-corrected chi connectivity index (χ3v) is 4.81. The molecule has 1 atom stereocenters. The molecule has 5 nitrogen and oxygen atoms in total. The van der Waals surface area contributed by atoms with Crippen molar-refractivity contribution in [3.05, 3.63) is 29.8 Å². The van der Waals surface area contributed by atoms with Gasteiger partial charge in [-0.25, -0.2) is 13.1 Å². The van der Waals surface area contributed by atoms with E-state index in [0.29, 0.717) is 25.0 Å². The first-order valence-electron chi connectivity index (χ1n) is 6.49. The molecule has 0 spiro atoms. The van der Waals surface area contributed by atoms with Gasteiger partial charge in [0.05, 0.1) is 22.1 Å². The second-order valence-electron chi connectivity index (χ2n) is 5.56. The largest absolute Gasteiger partial charge is 0.375 e. The van der Waals surface area contributed by atoms with Gasteiger partial charge in [0.15, 0.2) is 0 Å². The molecule has 1 aromatic carbocycles. The predicted molar refractivity (Wildman–Crippen MR) is 74.5 cm³/mol. The number of rotatable bonds is 3. The van der Waals surface area contributed by atoms with Crippen LogP contribution in [0.5, 0.6) is 0 Å². The highest BCUT2D eigenvalue weighted by atomic mass is 32.2. The Morgan fingerprint density at radius 2 is 2.20 bits per heavy atom. The van der Waals surface area contributed by atoms with Gasteiger partial charge in [-0.2, -0.15) is 5.26 Å². The van der Waals surface area contributed by atoms with Crippen LogP contribution in [0.25, 0.3) is 0 Å². The van der Waals surface area contributed by atoms with Crippen molar-refractivity contribution in [2.24, 2.45) is 0 Å². The number of ether oxygens (including phenoxy) is 1. The zero-order valence-electron chi connectivity index (χ0n) is 11.6. The van der Waals surface area contributed by atoms with E-state index in [2.05, 4.69) is 4.72 Å². The third kappa shape index (κ3) is 3.57. The predicted octanol–water partition coefficient (Wildman–Crippen LogP) is 1.79. The van der Waals surface area contributed by atoms with Crippen molar-refractivity contribution in [2.45, 2.75) is 43.2 Å². The topological polar surface area (TPSA) is 79.2 Å². The Balaban J connectivity index is 2.17. The van der Waals surface area contributed by atoms with E-state index in [-0.39, 0.29) is 16.5 Å². The van der Waals surface area contributed by atoms with Gasteiger partial charge in [0.25, 0.3) is 0 Å². The Morgan fingerprint density at radius 1 is 1.45 bits per heavy atom. The highest BCUT2D eigenvalue weighted by molar-refractivity contribution is 7.89. The molecule has 20 heavy (non-hydrogen) atoms. The van der Waals surface area contributed by atoms with Gasteiger partial charge in [-0.15, -0.1) is 0 Å². The molecule has 1 aliphatic rings. The van der Waals surface area contributed by atoms with Crippen molar-refractivity contribution in [3.8, 4) is 6.07 Å². The Labute approximate surface area is 119 Å². The lowest BCUT2D eigenvalue weighted by Crippen LogP contribution is -2.45. The fourth-order valence-electron chi connectivity index (χ4n) is 2.35. The average molecular weight is 294 g/mol. The van der Waals surface area contributed by atoms with E-state index in [1.807, 2.05) is 19.9 Å². The molecule has 0 radical (unpaired) electrons. The summed E-state index contributed by atoms with van der Waals surface area (Å²) in [4.78, 5) is 0.126. The molecule has 1 saturated heterocycles. The van der Waals surface area contributed by atoms with Crippen LogP contribution in [-0.2, 0) is 14.8 Å². The molecule has 0 aliphatic carbocycles. The number of hydrogen-bond donors (Lipinski definition) is 1. The van der Waals surface area contributed by atoms with Gasteiger partial charge >= 0.3 is 0 Å². The van der Waals surface area contributed by atoms with Gasteiger partial charge in [-0.05, 0) is 44.9 Å². The SMILES string of the molecule is CC1(C)CC(NS(=O)(=O)c2cccc(C#N)c2)CCO1. The van der Waals surface area contributed by atoms with E-state index in [4.69, 9.17) is 10.00 Å². The quantitative estimate of drug-likeness (QED) is 0.921. The molecular weight excluding hydrogens is 276 g/mol. The lowest BCUT2D eigenvalue weighted by Gasteiger charge is -2.35. The smallest absolute Gasteiger partial charge is 0.240 e. The van der Waals surface area contributed by atoms with Crippen molar-refractivity contribution in [1.82, 2.24) is 4.72 Å².